The SMILES string of the molecule is CCOC(=O)C1CCCN(c2nc(-c3cc4ccccc4s3)ccc2C(=O)NCc2ccon2)C1. The van der Waals surface area contributed by atoms with Crippen molar-refractivity contribution in [1.82, 2.24) is 15.5 Å². The van der Waals surface area contributed by atoms with Gasteiger partial charge in [-0.05, 0) is 49.4 Å². The highest BCUT2D eigenvalue weighted by molar-refractivity contribution is 7.22. The fourth-order valence-electron chi connectivity index (χ4n) is 4.33. The van der Waals surface area contributed by atoms with E-state index in [0.29, 0.717) is 36.8 Å². The molecule has 0 radical (unpaired) electrons. The minimum Gasteiger partial charge on any atom is -0.466 e. The summed E-state index contributed by atoms with van der Waals surface area (Å²) in [5, 5.41) is 7.91. The maximum absolute atomic E-state index is 13.2. The van der Waals surface area contributed by atoms with E-state index >= 15 is 0 Å². The highest BCUT2D eigenvalue weighted by Crippen LogP contribution is 2.35. The average Bonchev–Trinajstić information content (AvgIpc) is 3.57. The van der Waals surface area contributed by atoms with Crippen molar-refractivity contribution in [3.05, 3.63) is 66.1 Å². The van der Waals surface area contributed by atoms with Gasteiger partial charge in [0.25, 0.3) is 5.91 Å². The number of hydrogen-bond acceptors (Lipinski definition) is 8. The molecule has 1 atom stereocenters. The number of carbonyl (C=O) groups is 2. The minimum absolute atomic E-state index is 0.199. The molecule has 0 bridgehead atoms. The van der Waals surface area contributed by atoms with Crippen molar-refractivity contribution in [2.75, 3.05) is 24.6 Å². The number of rotatable bonds is 7. The summed E-state index contributed by atoms with van der Waals surface area (Å²) in [7, 11) is 0. The Hall–Kier alpha value is -3.72. The zero-order valence-corrected chi connectivity index (χ0v) is 20.2. The minimum atomic E-state index is -0.253. The van der Waals surface area contributed by atoms with Gasteiger partial charge in [0.15, 0.2) is 0 Å². The molecule has 0 saturated carbocycles. The molecule has 1 aliphatic heterocycles. The van der Waals surface area contributed by atoms with Gasteiger partial charge in [-0.25, -0.2) is 4.98 Å². The molecule has 1 fully saturated rings. The molecular formula is C26H26N4O4S. The van der Waals surface area contributed by atoms with Crippen LogP contribution in [0.15, 0.2) is 59.3 Å². The van der Waals surface area contributed by atoms with Crippen LogP contribution in [0.5, 0.6) is 0 Å². The molecule has 1 saturated heterocycles. The number of anilines is 1. The van der Waals surface area contributed by atoms with E-state index in [4.69, 9.17) is 14.2 Å². The van der Waals surface area contributed by atoms with E-state index in [-0.39, 0.29) is 24.3 Å². The van der Waals surface area contributed by atoms with Gasteiger partial charge < -0.3 is 19.5 Å². The normalized spacial score (nSPS) is 15.8. The summed E-state index contributed by atoms with van der Waals surface area (Å²) in [6, 6.07) is 15.7. The molecular weight excluding hydrogens is 464 g/mol. The highest BCUT2D eigenvalue weighted by atomic mass is 32.1. The van der Waals surface area contributed by atoms with Crippen molar-refractivity contribution < 1.29 is 18.8 Å². The van der Waals surface area contributed by atoms with E-state index in [2.05, 4.69) is 28.7 Å². The fraction of sp³-hybridized carbons (Fsp3) is 0.308. The summed E-state index contributed by atoms with van der Waals surface area (Å²) in [4.78, 5) is 33.7. The number of thiophene rings is 1. The van der Waals surface area contributed by atoms with Crippen LogP contribution in [0, 0.1) is 5.92 Å². The number of fused-ring (bicyclic) bond motifs is 1. The first-order valence-corrected chi connectivity index (χ1v) is 12.5. The number of piperidine rings is 1. The van der Waals surface area contributed by atoms with E-state index < -0.39 is 0 Å². The number of carbonyl (C=O) groups excluding carboxylic acids is 2. The quantitative estimate of drug-likeness (QED) is 0.376. The van der Waals surface area contributed by atoms with Crippen molar-refractivity contribution in [3.63, 3.8) is 0 Å². The molecule has 1 N–H and O–H groups in total. The molecule has 4 aromatic rings. The lowest BCUT2D eigenvalue weighted by atomic mass is 9.97. The Bertz CT molecular complexity index is 1300. The van der Waals surface area contributed by atoms with Gasteiger partial charge in [0, 0.05) is 23.9 Å². The second-order valence-electron chi connectivity index (χ2n) is 8.43. The number of esters is 1. The van der Waals surface area contributed by atoms with Gasteiger partial charge in [-0.3, -0.25) is 9.59 Å². The van der Waals surface area contributed by atoms with E-state index in [1.165, 1.54) is 11.0 Å². The van der Waals surface area contributed by atoms with Gasteiger partial charge in [0.2, 0.25) is 0 Å². The molecule has 1 aromatic carbocycles. The standard InChI is InChI=1S/C26H26N4O4S/c1-2-33-26(32)18-7-5-12-30(16-18)24-20(25(31)27-15-19-11-13-34-29-19)9-10-21(28-24)23-14-17-6-3-4-8-22(17)35-23/h3-4,6,8-11,13-14,18H,2,5,7,12,15-16H2,1H3,(H,27,31). The van der Waals surface area contributed by atoms with Gasteiger partial charge in [0.1, 0.15) is 17.8 Å². The van der Waals surface area contributed by atoms with E-state index in [1.807, 2.05) is 36.1 Å². The maximum Gasteiger partial charge on any atom is 0.310 e. The topological polar surface area (TPSA) is 97.6 Å². The second-order valence-corrected chi connectivity index (χ2v) is 9.51. The lowest BCUT2D eigenvalue weighted by Crippen LogP contribution is -2.41. The van der Waals surface area contributed by atoms with Crippen LogP contribution in [0.3, 0.4) is 0 Å². The molecule has 180 valence electrons. The van der Waals surface area contributed by atoms with Crippen LogP contribution in [0.2, 0.25) is 0 Å². The molecule has 4 heterocycles. The molecule has 5 rings (SSSR count). The van der Waals surface area contributed by atoms with Crippen molar-refractivity contribution in [1.29, 1.82) is 0 Å². The first-order chi connectivity index (χ1) is 17.1. The van der Waals surface area contributed by atoms with Crippen molar-refractivity contribution >= 4 is 39.1 Å². The van der Waals surface area contributed by atoms with Crippen LogP contribution >= 0.6 is 11.3 Å². The second kappa shape index (κ2) is 10.3. The zero-order chi connectivity index (χ0) is 24.2. The zero-order valence-electron chi connectivity index (χ0n) is 19.4. The fourth-order valence-corrected chi connectivity index (χ4v) is 5.36. The number of ether oxygens (including phenoxy) is 1. The van der Waals surface area contributed by atoms with Gasteiger partial charge in [0.05, 0.1) is 35.2 Å². The summed E-state index contributed by atoms with van der Waals surface area (Å²) >= 11 is 1.67. The monoisotopic (exact) mass is 490 g/mol. The van der Waals surface area contributed by atoms with Crippen molar-refractivity contribution in [2.24, 2.45) is 5.92 Å². The highest BCUT2D eigenvalue weighted by Gasteiger charge is 2.30. The average molecular weight is 491 g/mol. The van der Waals surface area contributed by atoms with Crippen LogP contribution in [-0.2, 0) is 16.1 Å². The number of benzene rings is 1. The summed E-state index contributed by atoms with van der Waals surface area (Å²) < 4.78 is 11.3. The Morgan fingerprint density at radius 1 is 1.23 bits per heavy atom. The van der Waals surface area contributed by atoms with E-state index in [9.17, 15) is 9.59 Å². The first-order valence-electron chi connectivity index (χ1n) is 11.7. The molecule has 1 amide bonds. The Morgan fingerprint density at radius 3 is 2.91 bits per heavy atom. The molecule has 8 nitrogen and oxygen atoms in total. The third kappa shape index (κ3) is 5.05. The van der Waals surface area contributed by atoms with Crippen LogP contribution in [0.1, 0.15) is 35.8 Å². The predicted molar refractivity (Wildman–Crippen MR) is 134 cm³/mol. The Morgan fingerprint density at radius 2 is 2.11 bits per heavy atom. The predicted octanol–water partition coefficient (Wildman–Crippen LogP) is 4.66. The third-order valence-corrected chi connectivity index (χ3v) is 7.20. The lowest BCUT2D eigenvalue weighted by Gasteiger charge is -2.33. The molecule has 3 aromatic heterocycles. The number of aromatic nitrogens is 2. The van der Waals surface area contributed by atoms with Crippen LogP contribution in [0.25, 0.3) is 20.7 Å². The van der Waals surface area contributed by atoms with Gasteiger partial charge >= 0.3 is 5.97 Å². The number of nitrogens with one attached hydrogen (secondary N) is 1. The summed E-state index contributed by atoms with van der Waals surface area (Å²) in [6.45, 7) is 3.59. The molecule has 0 aliphatic carbocycles. The number of amides is 1. The van der Waals surface area contributed by atoms with Crippen LogP contribution in [0.4, 0.5) is 5.82 Å². The Labute approximate surface area is 206 Å². The van der Waals surface area contributed by atoms with Crippen LogP contribution < -0.4 is 10.2 Å². The number of nitrogens with zero attached hydrogens (tertiary/aromatic N) is 3. The van der Waals surface area contributed by atoms with Crippen LogP contribution in [-0.4, -0.2) is 41.7 Å². The van der Waals surface area contributed by atoms with Gasteiger partial charge in [-0.2, -0.15) is 0 Å². The number of pyridine rings is 1. The largest absolute Gasteiger partial charge is 0.466 e. The first kappa shape index (κ1) is 23.0. The number of hydrogen-bond donors (Lipinski definition) is 1. The summed E-state index contributed by atoms with van der Waals surface area (Å²) in [6.07, 6.45) is 3.05. The van der Waals surface area contributed by atoms with Crippen molar-refractivity contribution in [2.45, 2.75) is 26.3 Å². The van der Waals surface area contributed by atoms with E-state index in [1.54, 1.807) is 17.4 Å². The third-order valence-electron chi connectivity index (χ3n) is 6.06. The smallest absolute Gasteiger partial charge is 0.310 e. The Balaban J connectivity index is 1.48. The van der Waals surface area contributed by atoms with E-state index in [0.717, 1.165) is 28.8 Å². The summed E-state index contributed by atoms with van der Waals surface area (Å²) in [5.41, 5.74) is 1.89. The van der Waals surface area contributed by atoms with Crippen molar-refractivity contribution in [3.8, 4) is 10.6 Å². The molecule has 0 spiro atoms. The molecule has 1 aliphatic rings. The van der Waals surface area contributed by atoms with Gasteiger partial charge in [-0.1, -0.05) is 23.4 Å². The molecule has 9 heteroatoms. The summed E-state index contributed by atoms with van der Waals surface area (Å²) in [5.74, 6) is -0.123. The van der Waals surface area contributed by atoms with Gasteiger partial charge in [-0.15, -0.1) is 11.3 Å². The Kier molecular flexibility index (Phi) is 6.76. The molecule has 1 unspecified atom stereocenters. The molecule has 35 heavy (non-hydrogen) atoms. The lowest BCUT2D eigenvalue weighted by molar-refractivity contribution is -0.148. The maximum atomic E-state index is 13.2.